The van der Waals surface area contributed by atoms with Gasteiger partial charge in [-0.05, 0) is 56.4 Å². The van der Waals surface area contributed by atoms with E-state index >= 15 is 0 Å². The van der Waals surface area contributed by atoms with E-state index in [-0.39, 0.29) is 0 Å². The number of aromatic nitrogens is 2. The van der Waals surface area contributed by atoms with E-state index in [0.717, 1.165) is 11.8 Å². The number of benzene rings is 2. The number of imidazole rings is 1. The number of para-hydroxylation sites is 2. The average Bonchev–Trinajstić information content (AvgIpc) is 2.99. The van der Waals surface area contributed by atoms with Gasteiger partial charge < -0.3 is 4.74 Å². The van der Waals surface area contributed by atoms with Crippen molar-refractivity contribution in [3.05, 3.63) is 71.5 Å². The molecule has 0 aliphatic rings. The smallest absolute Gasteiger partial charge is 0.391 e. The first-order valence-electron chi connectivity index (χ1n) is 9.36. The van der Waals surface area contributed by atoms with Crippen LogP contribution in [0.1, 0.15) is 56.3 Å². The van der Waals surface area contributed by atoms with Gasteiger partial charge >= 0.3 is 6.01 Å². The van der Waals surface area contributed by atoms with Crippen LogP contribution in [0.5, 0.6) is 11.8 Å². The molecule has 0 amide bonds. The second-order valence-electron chi connectivity index (χ2n) is 7.49. The van der Waals surface area contributed by atoms with Gasteiger partial charge in [-0.15, -0.1) is 0 Å². The second kappa shape index (κ2) is 7.36. The predicted octanol–water partition coefficient (Wildman–Crippen LogP) is 5.88. The molecule has 0 aliphatic heterocycles. The fourth-order valence-electron chi connectivity index (χ4n) is 3.39. The van der Waals surface area contributed by atoms with E-state index in [2.05, 4.69) is 99.5 Å². The minimum absolute atomic E-state index is 0.307. The molecular weight excluding hydrogens is 320 g/mol. The maximum absolute atomic E-state index is 6.52. The minimum Gasteiger partial charge on any atom is -0.391 e. The largest absolute Gasteiger partial charge is 0.467 e. The van der Waals surface area contributed by atoms with E-state index in [4.69, 9.17) is 4.74 Å². The van der Waals surface area contributed by atoms with Crippen LogP contribution in [-0.2, 0) is 0 Å². The van der Waals surface area contributed by atoms with Crippen LogP contribution in [0.4, 0.5) is 0 Å². The molecule has 2 aromatic carbocycles. The van der Waals surface area contributed by atoms with E-state index in [1.165, 1.54) is 22.4 Å². The Hall–Kier alpha value is -2.55. The van der Waals surface area contributed by atoms with Gasteiger partial charge in [0.05, 0.1) is 6.04 Å². The lowest BCUT2D eigenvalue weighted by atomic mass is 10.0. The standard InChI is InChI=1S/C23H29N2O/c1-16(2)20-12-7-8-13-21(20)26-23-24(17(3)4)14-15-25(23)22-18(5)10-9-11-19(22)6/h7-17H,1-6H3/q+1. The van der Waals surface area contributed by atoms with Gasteiger partial charge in [-0.3, -0.25) is 0 Å². The predicted molar refractivity (Wildman–Crippen MR) is 106 cm³/mol. The summed E-state index contributed by atoms with van der Waals surface area (Å²) in [5.41, 5.74) is 4.87. The van der Waals surface area contributed by atoms with Gasteiger partial charge in [0.25, 0.3) is 0 Å². The summed E-state index contributed by atoms with van der Waals surface area (Å²) in [4.78, 5) is 0. The van der Waals surface area contributed by atoms with Crippen molar-refractivity contribution < 1.29 is 9.30 Å². The third kappa shape index (κ3) is 3.39. The van der Waals surface area contributed by atoms with Gasteiger partial charge in [-0.2, -0.15) is 9.13 Å². The van der Waals surface area contributed by atoms with Gasteiger partial charge in [0, 0.05) is 0 Å². The maximum Gasteiger partial charge on any atom is 0.467 e. The second-order valence-corrected chi connectivity index (χ2v) is 7.49. The van der Waals surface area contributed by atoms with Crippen molar-refractivity contribution in [2.24, 2.45) is 0 Å². The minimum atomic E-state index is 0.307. The summed E-state index contributed by atoms with van der Waals surface area (Å²) in [6.45, 7) is 13.0. The fraction of sp³-hybridized carbons (Fsp3) is 0.348. The summed E-state index contributed by atoms with van der Waals surface area (Å²) in [5, 5.41) is 0. The molecule has 0 saturated carbocycles. The third-order valence-corrected chi connectivity index (χ3v) is 4.78. The van der Waals surface area contributed by atoms with Crippen molar-refractivity contribution in [3.63, 3.8) is 0 Å². The molecule has 0 bridgehead atoms. The molecular formula is C23H29N2O+. The summed E-state index contributed by atoms with van der Waals surface area (Å²) in [5.74, 6) is 1.32. The molecule has 3 aromatic rings. The summed E-state index contributed by atoms with van der Waals surface area (Å²) >= 11 is 0. The number of hydrogen-bond donors (Lipinski definition) is 0. The van der Waals surface area contributed by atoms with Crippen molar-refractivity contribution in [3.8, 4) is 17.4 Å². The molecule has 1 heterocycles. The average molecular weight is 349 g/mol. The van der Waals surface area contributed by atoms with E-state index in [1.54, 1.807) is 0 Å². The summed E-state index contributed by atoms with van der Waals surface area (Å²) in [6.07, 6.45) is 4.20. The molecule has 26 heavy (non-hydrogen) atoms. The molecule has 136 valence electrons. The first-order chi connectivity index (χ1) is 12.4. The lowest BCUT2D eigenvalue weighted by Crippen LogP contribution is -2.36. The number of ether oxygens (including phenoxy) is 1. The fourth-order valence-corrected chi connectivity index (χ4v) is 3.39. The number of rotatable bonds is 5. The van der Waals surface area contributed by atoms with Crippen molar-refractivity contribution in [2.75, 3.05) is 0 Å². The van der Waals surface area contributed by atoms with Crippen molar-refractivity contribution >= 4 is 0 Å². The zero-order chi connectivity index (χ0) is 18.8. The summed E-state index contributed by atoms with van der Waals surface area (Å²) in [7, 11) is 0. The lowest BCUT2D eigenvalue weighted by molar-refractivity contribution is -0.718. The molecule has 0 aliphatic carbocycles. The van der Waals surface area contributed by atoms with Gasteiger partial charge in [0.15, 0.2) is 0 Å². The highest BCUT2D eigenvalue weighted by Gasteiger charge is 2.26. The highest BCUT2D eigenvalue weighted by molar-refractivity contribution is 5.48. The normalized spacial score (nSPS) is 11.4. The Labute approximate surface area is 156 Å². The topological polar surface area (TPSA) is 18.0 Å². The molecule has 0 radical (unpaired) electrons. The highest BCUT2D eigenvalue weighted by atomic mass is 16.5. The molecule has 0 spiro atoms. The Morgan fingerprint density at radius 3 is 2.15 bits per heavy atom. The van der Waals surface area contributed by atoms with Crippen LogP contribution in [0.2, 0.25) is 0 Å². The zero-order valence-corrected chi connectivity index (χ0v) is 16.7. The van der Waals surface area contributed by atoms with Gasteiger partial charge in [0.1, 0.15) is 23.8 Å². The van der Waals surface area contributed by atoms with E-state index in [9.17, 15) is 0 Å². The quantitative estimate of drug-likeness (QED) is 0.526. The molecule has 3 heteroatoms. The molecule has 0 unspecified atom stereocenters. The number of hydrogen-bond acceptors (Lipinski definition) is 1. The molecule has 3 rings (SSSR count). The van der Waals surface area contributed by atoms with Crippen LogP contribution in [0, 0.1) is 13.8 Å². The molecule has 0 fully saturated rings. The monoisotopic (exact) mass is 349 g/mol. The Balaban J connectivity index is 2.17. The first kappa shape index (κ1) is 18.2. The van der Waals surface area contributed by atoms with Crippen molar-refractivity contribution in [2.45, 2.75) is 53.5 Å². The van der Waals surface area contributed by atoms with Crippen LogP contribution in [0.15, 0.2) is 54.9 Å². The Morgan fingerprint density at radius 1 is 0.885 bits per heavy atom. The summed E-state index contributed by atoms with van der Waals surface area (Å²) in [6, 6.07) is 15.8. The van der Waals surface area contributed by atoms with Crippen LogP contribution in [0.25, 0.3) is 5.69 Å². The van der Waals surface area contributed by atoms with E-state index in [0.29, 0.717) is 12.0 Å². The Kier molecular flexibility index (Phi) is 5.17. The van der Waals surface area contributed by atoms with Crippen LogP contribution in [0.3, 0.4) is 0 Å². The third-order valence-electron chi connectivity index (χ3n) is 4.78. The molecule has 1 aromatic heterocycles. The SMILES string of the molecule is Cc1cccc(C)c1-n1cc[n+](C(C)C)c1Oc1ccccc1C(C)C. The number of nitrogens with zero attached hydrogens (tertiary/aromatic N) is 2. The molecule has 3 nitrogen and oxygen atoms in total. The molecule has 0 N–H and O–H groups in total. The van der Waals surface area contributed by atoms with Crippen LogP contribution >= 0.6 is 0 Å². The number of aryl methyl sites for hydroxylation is 2. The van der Waals surface area contributed by atoms with Gasteiger partial charge in [0.2, 0.25) is 0 Å². The van der Waals surface area contributed by atoms with Crippen LogP contribution < -0.4 is 9.30 Å². The van der Waals surface area contributed by atoms with Crippen molar-refractivity contribution in [1.29, 1.82) is 0 Å². The Morgan fingerprint density at radius 2 is 1.54 bits per heavy atom. The van der Waals surface area contributed by atoms with Gasteiger partial charge in [-0.1, -0.05) is 50.2 Å². The van der Waals surface area contributed by atoms with Crippen LogP contribution in [-0.4, -0.2) is 4.57 Å². The molecule has 0 atom stereocenters. The highest BCUT2D eigenvalue weighted by Crippen LogP contribution is 2.31. The van der Waals surface area contributed by atoms with Crippen molar-refractivity contribution in [1.82, 2.24) is 4.57 Å². The zero-order valence-electron chi connectivity index (χ0n) is 16.7. The lowest BCUT2D eigenvalue weighted by Gasteiger charge is -2.14. The van der Waals surface area contributed by atoms with Gasteiger partial charge in [-0.25, -0.2) is 0 Å². The maximum atomic E-state index is 6.52. The van der Waals surface area contributed by atoms with E-state index < -0.39 is 0 Å². The first-order valence-corrected chi connectivity index (χ1v) is 9.36. The summed E-state index contributed by atoms with van der Waals surface area (Å²) < 4.78 is 10.9. The molecule has 0 saturated heterocycles. The Bertz CT molecular complexity index is 886. The van der Waals surface area contributed by atoms with E-state index in [1.807, 2.05) is 6.07 Å².